The summed E-state index contributed by atoms with van der Waals surface area (Å²) in [4.78, 5) is 27.1. The monoisotopic (exact) mass is 422 g/mol. The lowest BCUT2D eigenvalue weighted by atomic mass is 9.75. The Morgan fingerprint density at radius 1 is 1.19 bits per heavy atom. The fraction of sp³-hybridized carbons (Fsp3) is 0.391. The van der Waals surface area contributed by atoms with Crippen LogP contribution in [0.5, 0.6) is 0 Å². The van der Waals surface area contributed by atoms with Crippen molar-refractivity contribution in [1.29, 1.82) is 0 Å². The highest BCUT2D eigenvalue weighted by atomic mass is 16.5. The van der Waals surface area contributed by atoms with Crippen molar-refractivity contribution in [3.8, 4) is 0 Å². The second kappa shape index (κ2) is 9.64. The number of benzene rings is 2. The molecule has 1 saturated heterocycles. The third kappa shape index (κ3) is 5.15. The van der Waals surface area contributed by atoms with E-state index in [0.717, 1.165) is 30.8 Å². The summed E-state index contributed by atoms with van der Waals surface area (Å²) in [6.07, 6.45) is 2.50. The maximum absolute atomic E-state index is 12.5. The second-order valence-electron chi connectivity index (χ2n) is 8.12. The van der Waals surface area contributed by atoms with E-state index in [4.69, 9.17) is 9.39 Å². The summed E-state index contributed by atoms with van der Waals surface area (Å²) in [5, 5.41) is 12.5. The van der Waals surface area contributed by atoms with Crippen molar-refractivity contribution >= 4 is 24.5 Å². The number of ether oxygens (including phenoxy) is 1. The molecule has 7 nitrogen and oxygen atoms in total. The molecule has 31 heavy (non-hydrogen) atoms. The Bertz CT molecular complexity index is 974. The Morgan fingerprint density at radius 3 is 2.77 bits per heavy atom. The van der Waals surface area contributed by atoms with Crippen LogP contribution in [0.1, 0.15) is 45.5 Å². The van der Waals surface area contributed by atoms with Crippen LogP contribution in [-0.4, -0.2) is 48.6 Å². The molecule has 0 bridgehead atoms. The van der Waals surface area contributed by atoms with Crippen LogP contribution in [0.2, 0.25) is 0 Å². The molecule has 0 atom stereocenters. The molecular formula is C23H27BN2O5. The lowest BCUT2D eigenvalue weighted by Crippen LogP contribution is -2.35. The van der Waals surface area contributed by atoms with Gasteiger partial charge in [-0.3, -0.25) is 14.5 Å². The fourth-order valence-corrected chi connectivity index (χ4v) is 4.23. The molecule has 0 aliphatic carbocycles. The highest BCUT2D eigenvalue weighted by Gasteiger charge is 2.31. The molecule has 2 aromatic carbocycles. The highest BCUT2D eigenvalue weighted by molar-refractivity contribution is 6.62. The van der Waals surface area contributed by atoms with Gasteiger partial charge in [-0.1, -0.05) is 30.3 Å². The zero-order chi connectivity index (χ0) is 21.8. The summed E-state index contributed by atoms with van der Waals surface area (Å²) in [7, 11) is -1.02. The van der Waals surface area contributed by atoms with Crippen LogP contribution in [0, 0.1) is 6.92 Å². The van der Waals surface area contributed by atoms with E-state index in [1.807, 2.05) is 12.1 Å². The minimum absolute atomic E-state index is 0.171. The molecule has 162 valence electrons. The maximum Gasteiger partial charge on any atom is 0.492 e. The first-order valence-electron chi connectivity index (χ1n) is 10.7. The van der Waals surface area contributed by atoms with Gasteiger partial charge in [-0.2, -0.15) is 0 Å². The first kappa shape index (κ1) is 21.6. The van der Waals surface area contributed by atoms with E-state index < -0.39 is 13.1 Å². The fourth-order valence-electron chi connectivity index (χ4n) is 4.23. The molecule has 1 fully saturated rings. The maximum atomic E-state index is 12.5. The van der Waals surface area contributed by atoms with Crippen molar-refractivity contribution in [2.75, 3.05) is 19.6 Å². The van der Waals surface area contributed by atoms with Crippen molar-refractivity contribution in [3.63, 3.8) is 0 Å². The third-order valence-electron chi connectivity index (χ3n) is 5.88. The van der Waals surface area contributed by atoms with Gasteiger partial charge < -0.3 is 19.7 Å². The summed E-state index contributed by atoms with van der Waals surface area (Å²) in [5.41, 5.74) is 4.70. The normalized spacial score (nSPS) is 15.7. The lowest BCUT2D eigenvalue weighted by Gasteiger charge is -2.15. The molecule has 1 amide bonds. The van der Waals surface area contributed by atoms with Gasteiger partial charge in [0.15, 0.2) is 0 Å². The average molecular weight is 422 g/mol. The summed E-state index contributed by atoms with van der Waals surface area (Å²) in [6.45, 7) is 5.22. The van der Waals surface area contributed by atoms with Gasteiger partial charge >= 0.3 is 13.1 Å². The Morgan fingerprint density at radius 2 is 1.97 bits per heavy atom. The van der Waals surface area contributed by atoms with Gasteiger partial charge in [0.05, 0.1) is 6.61 Å². The number of hydrogen-bond donors (Lipinski definition) is 2. The van der Waals surface area contributed by atoms with E-state index in [0.29, 0.717) is 23.2 Å². The van der Waals surface area contributed by atoms with Gasteiger partial charge in [-0.05, 0) is 66.6 Å². The number of likely N-dealkylation sites (tertiary alicyclic amines) is 1. The van der Waals surface area contributed by atoms with Crippen molar-refractivity contribution in [3.05, 3.63) is 64.2 Å². The van der Waals surface area contributed by atoms with Crippen LogP contribution in [-0.2, 0) is 33.9 Å². The van der Waals surface area contributed by atoms with Crippen LogP contribution in [0.3, 0.4) is 0 Å². The minimum atomic E-state index is -1.02. The van der Waals surface area contributed by atoms with E-state index in [2.05, 4.69) is 22.3 Å². The van der Waals surface area contributed by atoms with Crippen LogP contribution in [0.4, 0.5) is 0 Å². The van der Waals surface area contributed by atoms with Crippen LogP contribution in [0.15, 0.2) is 36.4 Å². The first-order chi connectivity index (χ1) is 15.0. The Labute approximate surface area is 182 Å². The Balaban J connectivity index is 1.27. The van der Waals surface area contributed by atoms with Gasteiger partial charge in [-0.15, -0.1) is 0 Å². The SMILES string of the molecule is Cc1c(C(=O)NCC(=O)OCc2cccc(CN3CCCC3)c2)ccc2c1B(O)OC2. The molecule has 0 radical (unpaired) electrons. The number of rotatable bonds is 7. The molecule has 2 aliphatic heterocycles. The Kier molecular flexibility index (Phi) is 6.70. The minimum Gasteiger partial charge on any atom is -0.460 e. The van der Waals surface area contributed by atoms with Gasteiger partial charge in [0.2, 0.25) is 0 Å². The highest BCUT2D eigenvalue weighted by Crippen LogP contribution is 2.17. The first-order valence-corrected chi connectivity index (χ1v) is 10.7. The number of esters is 1. The summed E-state index contributed by atoms with van der Waals surface area (Å²) >= 11 is 0. The predicted octanol–water partition coefficient (Wildman–Crippen LogP) is 1.28. The molecule has 2 aromatic rings. The van der Waals surface area contributed by atoms with Crippen molar-refractivity contribution in [2.45, 2.75) is 39.5 Å². The number of carbonyl (C=O) groups excluding carboxylic acids is 2. The van der Waals surface area contributed by atoms with Gasteiger partial charge in [0.25, 0.3) is 5.91 Å². The number of nitrogens with one attached hydrogen (secondary N) is 1. The molecule has 4 rings (SSSR count). The summed E-state index contributed by atoms with van der Waals surface area (Å²) < 4.78 is 10.5. The number of hydrogen-bond acceptors (Lipinski definition) is 6. The molecule has 0 saturated carbocycles. The van der Waals surface area contributed by atoms with Crippen molar-refractivity contribution in [1.82, 2.24) is 10.2 Å². The largest absolute Gasteiger partial charge is 0.492 e. The van der Waals surface area contributed by atoms with Gasteiger partial charge in [0, 0.05) is 12.1 Å². The number of carbonyl (C=O) groups is 2. The zero-order valence-corrected chi connectivity index (χ0v) is 17.7. The molecule has 0 spiro atoms. The molecule has 8 heteroatoms. The van der Waals surface area contributed by atoms with Crippen LogP contribution < -0.4 is 10.8 Å². The summed E-state index contributed by atoms with van der Waals surface area (Å²) in [5.74, 6) is -0.885. The molecule has 0 aromatic heterocycles. The number of nitrogens with zero attached hydrogens (tertiary/aromatic N) is 1. The summed E-state index contributed by atoms with van der Waals surface area (Å²) in [6, 6.07) is 11.5. The van der Waals surface area contributed by atoms with Crippen LogP contribution in [0.25, 0.3) is 0 Å². The third-order valence-corrected chi connectivity index (χ3v) is 5.88. The van der Waals surface area contributed by atoms with E-state index in [-0.39, 0.29) is 19.1 Å². The van der Waals surface area contributed by atoms with Crippen LogP contribution >= 0.6 is 0 Å². The van der Waals surface area contributed by atoms with Gasteiger partial charge in [-0.25, -0.2) is 0 Å². The molecule has 0 unspecified atom stereocenters. The van der Waals surface area contributed by atoms with E-state index >= 15 is 0 Å². The quantitative estimate of drug-likeness (QED) is 0.517. The number of amides is 1. The second-order valence-corrected chi connectivity index (χ2v) is 8.12. The number of fused-ring (bicyclic) bond motifs is 1. The predicted molar refractivity (Wildman–Crippen MR) is 117 cm³/mol. The molecule has 2 aliphatic rings. The average Bonchev–Trinajstić information content (AvgIpc) is 3.41. The van der Waals surface area contributed by atoms with Gasteiger partial charge in [0.1, 0.15) is 13.2 Å². The lowest BCUT2D eigenvalue weighted by molar-refractivity contribution is -0.143. The molecular weight excluding hydrogens is 395 g/mol. The van der Waals surface area contributed by atoms with E-state index in [9.17, 15) is 14.6 Å². The van der Waals surface area contributed by atoms with E-state index in [1.54, 1.807) is 19.1 Å². The molecule has 2 heterocycles. The van der Waals surface area contributed by atoms with E-state index in [1.165, 1.54) is 18.4 Å². The van der Waals surface area contributed by atoms with Crippen molar-refractivity contribution < 1.29 is 24.0 Å². The topological polar surface area (TPSA) is 88.1 Å². The Hall–Kier alpha value is -2.68. The molecule has 2 N–H and O–H groups in total. The zero-order valence-electron chi connectivity index (χ0n) is 17.7. The van der Waals surface area contributed by atoms with Crippen molar-refractivity contribution in [2.24, 2.45) is 0 Å². The smallest absolute Gasteiger partial charge is 0.460 e. The standard InChI is InChI=1S/C23H27BN2O5/c1-16-20(8-7-19-15-31-24(29)22(16)19)23(28)25-12-21(27)30-14-18-6-4-5-17(11-18)13-26-9-2-3-10-26/h4-8,11,29H,2-3,9-10,12-15H2,1H3,(H,25,28).